The fourth-order valence-electron chi connectivity index (χ4n) is 2.41. The van der Waals surface area contributed by atoms with E-state index in [1.807, 2.05) is 6.92 Å². The minimum Gasteiger partial charge on any atom is -0.378 e. The van der Waals surface area contributed by atoms with Gasteiger partial charge in [0.25, 0.3) is 0 Å². The van der Waals surface area contributed by atoms with Crippen LogP contribution < -0.4 is 5.32 Å². The monoisotopic (exact) mass is 272 g/mol. The smallest absolute Gasteiger partial charge is 0.239 e. The third-order valence-electron chi connectivity index (χ3n) is 3.44. The van der Waals surface area contributed by atoms with Crippen LogP contribution in [0.3, 0.4) is 0 Å². The molecule has 0 radical (unpaired) electrons. The second-order valence-corrected chi connectivity index (χ2v) is 4.83. The number of carbonyl (C=O) groups excluding carboxylic acids is 1. The average Bonchev–Trinajstić information content (AvgIpc) is 2.47. The van der Waals surface area contributed by atoms with Crippen LogP contribution in [0, 0.1) is 0 Å². The van der Waals surface area contributed by atoms with E-state index in [0.29, 0.717) is 19.8 Å². The number of hydrogen-bond donors (Lipinski definition) is 1. The average molecular weight is 272 g/mol. The van der Waals surface area contributed by atoms with E-state index in [-0.39, 0.29) is 18.2 Å². The van der Waals surface area contributed by atoms with Crippen LogP contribution in [0.1, 0.15) is 19.8 Å². The second kappa shape index (κ2) is 7.79. The first kappa shape index (κ1) is 14.7. The van der Waals surface area contributed by atoms with Gasteiger partial charge in [0, 0.05) is 26.1 Å². The van der Waals surface area contributed by atoms with Gasteiger partial charge in [-0.15, -0.1) is 0 Å². The molecule has 6 nitrogen and oxygen atoms in total. The number of nitrogens with one attached hydrogen (secondary N) is 1. The van der Waals surface area contributed by atoms with E-state index in [2.05, 4.69) is 10.2 Å². The SMILES string of the molecule is CCNC(=O)C1COCCN1CCC1OCCCO1. The molecule has 0 aromatic carbocycles. The van der Waals surface area contributed by atoms with Crippen molar-refractivity contribution in [3.63, 3.8) is 0 Å². The van der Waals surface area contributed by atoms with Gasteiger partial charge in [0.2, 0.25) is 5.91 Å². The van der Waals surface area contributed by atoms with Crippen LogP contribution in [0.15, 0.2) is 0 Å². The van der Waals surface area contributed by atoms with Gasteiger partial charge < -0.3 is 19.5 Å². The predicted molar refractivity (Wildman–Crippen MR) is 69.8 cm³/mol. The van der Waals surface area contributed by atoms with E-state index < -0.39 is 0 Å². The Kier molecular flexibility index (Phi) is 6.03. The van der Waals surface area contributed by atoms with Gasteiger partial charge >= 0.3 is 0 Å². The van der Waals surface area contributed by atoms with E-state index in [4.69, 9.17) is 14.2 Å². The highest BCUT2D eigenvalue weighted by Gasteiger charge is 2.29. The van der Waals surface area contributed by atoms with Crippen molar-refractivity contribution in [3.05, 3.63) is 0 Å². The molecule has 110 valence electrons. The van der Waals surface area contributed by atoms with Gasteiger partial charge in [0.05, 0.1) is 26.4 Å². The van der Waals surface area contributed by atoms with Crippen molar-refractivity contribution in [1.82, 2.24) is 10.2 Å². The Bertz CT molecular complexity index is 282. The lowest BCUT2D eigenvalue weighted by molar-refractivity contribution is -0.184. The normalized spacial score (nSPS) is 26.3. The molecule has 0 saturated carbocycles. The summed E-state index contributed by atoms with van der Waals surface area (Å²) >= 11 is 0. The Morgan fingerprint density at radius 3 is 2.84 bits per heavy atom. The highest BCUT2D eigenvalue weighted by Crippen LogP contribution is 2.13. The third-order valence-corrected chi connectivity index (χ3v) is 3.44. The standard InChI is InChI=1S/C13H24N2O4/c1-2-14-13(16)11-10-17-9-6-15(11)5-4-12-18-7-3-8-19-12/h11-12H,2-10H2,1H3,(H,14,16). The molecule has 0 aromatic heterocycles. The maximum atomic E-state index is 12.0. The molecule has 6 heteroatoms. The summed E-state index contributed by atoms with van der Waals surface area (Å²) in [5.74, 6) is 0.0488. The third kappa shape index (κ3) is 4.42. The van der Waals surface area contributed by atoms with E-state index in [1.54, 1.807) is 0 Å². The van der Waals surface area contributed by atoms with Gasteiger partial charge in [-0.1, -0.05) is 0 Å². The highest BCUT2D eigenvalue weighted by atomic mass is 16.7. The number of ether oxygens (including phenoxy) is 3. The van der Waals surface area contributed by atoms with Crippen LogP contribution >= 0.6 is 0 Å². The molecule has 2 heterocycles. The molecule has 2 saturated heterocycles. The first-order valence-corrected chi connectivity index (χ1v) is 7.14. The summed E-state index contributed by atoms with van der Waals surface area (Å²) in [6, 6.07) is -0.183. The van der Waals surface area contributed by atoms with Crippen molar-refractivity contribution in [2.75, 3.05) is 46.1 Å². The zero-order valence-electron chi connectivity index (χ0n) is 11.6. The Morgan fingerprint density at radius 2 is 2.11 bits per heavy atom. The molecule has 2 fully saturated rings. The van der Waals surface area contributed by atoms with Crippen LogP contribution in [-0.4, -0.2) is 69.2 Å². The van der Waals surface area contributed by atoms with Gasteiger partial charge in [0.1, 0.15) is 6.04 Å². The van der Waals surface area contributed by atoms with E-state index in [1.165, 1.54) is 0 Å². The van der Waals surface area contributed by atoms with Crippen molar-refractivity contribution >= 4 is 5.91 Å². The molecule has 0 aromatic rings. The number of hydrogen-bond acceptors (Lipinski definition) is 5. The van der Waals surface area contributed by atoms with Gasteiger partial charge in [0.15, 0.2) is 6.29 Å². The number of nitrogens with zero attached hydrogens (tertiary/aromatic N) is 1. The summed E-state index contributed by atoms with van der Waals surface area (Å²) in [7, 11) is 0. The molecule has 1 amide bonds. The highest BCUT2D eigenvalue weighted by molar-refractivity contribution is 5.81. The molecule has 0 spiro atoms. The van der Waals surface area contributed by atoms with Gasteiger partial charge in [-0.05, 0) is 13.3 Å². The lowest BCUT2D eigenvalue weighted by atomic mass is 10.2. The maximum absolute atomic E-state index is 12.0. The largest absolute Gasteiger partial charge is 0.378 e. The Hall–Kier alpha value is -0.690. The van der Waals surface area contributed by atoms with Crippen LogP contribution in [0.4, 0.5) is 0 Å². The molecule has 0 aliphatic carbocycles. The summed E-state index contributed by atoms with van der Waals surface area (Å²) in [5.41, 5.74) is 0. The number of rotatable bonds is 5. The second-order valence-electron chi connectivity index (χ2n) is 4.83. The Labute approximate surface area is 114 Å². The van der Waals surface area contributed by atoms with Crippen molar-refractivity contribution in [2.24, 2.45) is 0 Å². The molecule has 2 rings (SSSR count). The van der Waals surface area contributed by atoms with Crippen LogP contribution in [0.25, 0.3) is 0 Å². The lowest BCUT2D eigenvalue weighted by Crippen LogP contribution is -2.54. The molecule has 2 aliphatic heterocycles. The molecule has 2 aliphatic rings. The molecule has 19 heavy (non-hydrogen) atoms. The van der Waals surface area contributed by atoms with Crippen LogP contribution in [0.5, 0.6) is 0 Å². The summed E-state index contributed by atoms with van der Waals surface area (Å²) < 4.78 is 16.5. The number of amides is 1. The molecule has 0 bridgehead atoms. The summed E-state index contributed by atoms with van der Waals surface area (Å²) in [4.78, 5) is 14.1. The molecule has 1 unspecified atom stereocenters. The zero-order valence-corrected chi connectivity index (χ0v) is 11.6. The van der Waals surface area contributed by atoms with Crippen molar-refractivity contribution in [3.8, 4) is 0 Å². The van der Waals surface area contributed by atoms with Crippen LogP contribution in [-0.2, 0) is 19.0 Å². The van der Waals surface area contributed by atoms with E-state index >= 15 is 0 Å². The predicted octanol–water partition coefficient (Wildman–Crippen LogP) is -0.0236. The quantitative estimate of drug-likeness (QED) is 0.762. The number of carbonyl (C=O) groups is 1. The number of morpholine rings is 1. The summed E-state index contributed by atoms with van der Waals surface area (Å²) in [5, 5.41) is 2.86. The van der Waals surface area contributed by atoms with Crippen LogP contribution in [0.2, 0.25) is 0 Å². The van der Waals surface area contributed by atoms with Crippen molar-refractivity contribution < 1.29 is 19.0 Å². The molecular weight excluding hydrogens is 248 g/mol. The maximum Gasteiger partial charge on any atom is 0.239 e. The number of likely N-dealkylation sites (N-methyl/N-ethyl adjacent to an activating group) is 1. The fraction of sp³-hybridized carbons (Fsp3) is 0.923. The molecular formula is C13H24N2O4. The summed E-state index contributed by atoms with van der Waals surface area (Å²) in [6.45, 7) is 6.86. The van der Waals surface area contributed by atoms with Gasteiger partial charge in [-0.3, -0.25) is 9.69 Å². The fourth-order valence-corrected chi connectivity index (χ4v) is 2.41. The molecule has 1 N–H and O–H groups in total. The zero-order chi connectivity index (χ0) is 13.5. The van der Waals surface area contributed by atoms with Gasteiger partial charge in [-0.2, -0.15) is 0 Å². The first-order valence-electron chi connectivity index (χ1n) is 7.14. The van der Waals surface area contributed by atoms with E-state index in [0.717, 1.165) is 39.1 Å². The topological polar surface area (TPSA) is 60.0 Å². The Balaban J connectivity index is 1.79. The van der Waals surface area contributed by atoms with Crippen molar-refractivity contribution in [2.45, 2.75) is 32.1 Å². The summed E-state index contributed by atoms with van der Waals surface area (Å²) in [6.07, 6.45) is 1.65. The van der Waals surface area contributed by atoms with Crippen molar-refractivity contribution in [1.29, 1.82) is 0 Å². The minimum absolute atomic E-state index is 0.0488. The van der Waals surface area contributed by atoms with Gasteiger partial charge in [-0.25, -0.2) is 0 Å². The minimum atomic E-state index is -0.183. The molecule has 1 atom stereocenters. The first-order chi connectivity index (χ1) is 9.31. The Morgan fingerprint density at radius 1 is 1.32 bits per heavy atom. The van der Waals surface area contributed by atoms with E-state index in [9.17, 15) is 4.79 Å². The lowest BCUT2D eigenvalue weighted by Gasteiger charge is -2.35.